The van der Waals surface area contributed by atoms with Crippen LogP contribution in [0.5, 0.6) is 0 Å². The van der Waals surface area contributed by atoms with E-state index in [1.54, 1.807) is 23.5 Å². The van der Waals surface area contributed by atoms with E-state index in [0.29, 0.717) is 0 Å². The summed E-state index contributed by atoms with van der Waals surface area (Å²) in [5.74, 6) is 0. The Kier molecular flexibility index (Phi) is 6.90. The number of rotatable bonds is 2. The van der Waals surface area contributed by atoms with Crippen molar-refractivity contribution in [3.63, 3.8) is 0 Å². The molecule has 90 valence electrons. The zero-order valence-electron chi connectivity index (χ0n) is 10.5. The quantitative estimate of drug-likeness (QED) is 0.688. The molecule has 2 heteroatoms. The highest BCUT2D eigenvalue weighted by Crippen LogP contribution is 2.14. The maximum atomic E-state index is 2.19. The molecule has 0 saturated carbocycles. The topological polar surface area (TPSA) is 0 Å². The van der Waals surface area contributed by atoms with Gasteiger partial charge in [-0.2, -0.15) is 0 Å². The second-order valence-electron chi connectivity index (χ2n) is 3.54. The molecule has 0 spiro atoms. The lowest BCUT2D eigenvalue weighted by Gasteiger charge is -1.94. The summed E-state index contributed by atoms with van der Waals surface area (Å²) < 4.78 is 0. The average molecular weight is 262 g/mol. The van der Waals surface area contributed by atoms with E-state index in [1.807, 2.05) is 18.2 Å². The van der Waals surface area contributed by atoms with Gasteiger partial charge in [-0.05, 0) is 43.7 Å². The summed E-state index contributed by atoms with van der Waals surface area (Å²) in [7, 11) is 0. The van der Waals surface area contributed by atoms with Crippen LogP contribution in [0.3, 0.4) is 0 Å². The summed E-state index contributed by atoms with van der Waals surface area (Å²) in [6.45, 7) is 2.11. The number of aryl methyl sites for hydroxylation is 1. The van der Waals surface area contributed by atoms with E-state index in [2.05, 4.69) is 55.8 Å². The molecule has 2 aromatic rings. The Balaban J connectivity index is 0.000000171. The Morgan fingerprint density at radius 3 is 1.71 bits per heavy atom. The van der Waals surface area contributed by atoms with E-state index in [9.17, 15) is 0 Å². The summed E-state index contributed by atoms with van der Waals surface area (Å²) in [6.07, 6.45) is 4.17. The number of hydrogen-bond donors (Lipinski definition) is 0. The molecule has 0 atom stereocenters. The highest BCUT2D eigenvalue weighted by Gasteiger charge is 1.86. The summed E-state index contributed by atoms with van der Waals surface area (Å²) in [5.41, 5.74) is 1.34. The van der Waals surface area contributed by atoms with Gasteiger partial charge in [0.25, 0.3) is 0 Å². The fourth-order valence-corrected chi connectivity index (χ4v) is 2.25. The number of thioether (sulfide) groups is 2. The Labute approximate surface area is 113 Å². The fraction of sp³-hybridized carbons (Fsp3) is 0.200. The molecule has 0 fully saturated rings. The molecular weight excluding hydrogens is 244 g/mol. The van der Waals surface area contributed by atoms with Crippen LogP contribution >= 0.6 is 23.5 Å². The molecule has 0 bridgehead atoms. The second kappa shape index (κ2) is 8.26. The third kappa shape index (κ3) is 5.85. The minimum atomic E-state index is 1.33. The van der Waals surface area contributed by atoms with Gasteiger partial charge in [-0.3, -0.25) is 0 Å². The average Bonchev–Trinajstić information content (AvgIpc) is 2.40. The van der Waals surface area contributed by atoms with Crippen molar-refractivity contribution < 1.29 is 0 Å². The van der Waals surface area contributed by atoms with Crippen molar-refractivity contribution in [3.05, 3.63) is 60.2 Å². The molecule has 2 rings (SSSR count). The molecule has 0 aliphatic carbocycles. The minimum Gasteiger partial charge on any atom is -0.130 e. The van der Waals surface area contributed by atoms with Gasteiger partial charge in [-0.25, -0.2) is 0 Å². The predicted molar refractivity (Wildman–Crippen MR) is 81.2 cm³/mol. The van der Waals surface area contributed by atoms with Gasteiger partial charge < -0.3 is 0 Å². The van der Waals surface area contributed by atoms with Gasteiger partial charge in [0, 0.05) is 9.79 Å². The molecule has 0 heterocycles. The molecule has 0 nitrogen and oxygen atoms in total. The summed E-state index contributed by atoms with van der Waals surface area (Å²) in [5, 5.41) is 0. The fourth-order valence-electron chi connectivity index (χ4n) is 1.30. The zero-order valence-corrected chi connectivity index (χ0v) is 12.1. The van der Waals surface area contributed by atoms with Crippen LogP contribution in [0.1, 0.15) is 5.56 Å². The van der Waals surface area contributed by atoms with E-state index in [-0.39, 0.29) is 0 Å². The second-order valence-corrected chi connectivity index (χ2v) is 5.30. The summed E-state index contributed by atoms with van der Waals surface area (Å²) >= 11 is 3.55. The van der Waals surface area contributed by atoms with Gasteiger partial charge in [0.2, 0.25) is 0 Å². The van der Waals surface area contributed by atoms with Crippen LogP contribution < -0.4 is 0 Å². The van der Waals surface area contributed by atoms with Gasteiger partial charge in [0.1, 0.15) is 0 Å². The number of benzene rings is 2. The van der Waals surface area contributed by atoms with Crippen molar-refractivity contribution in [1.29, 1.82) is 0 Å². The van der Waals surface area contributed by atoms with Crippen LogP contribution in [0.4, 0.5) is 0 Å². The maximum absolute atomic E-state index is 2.19. The van der Waals surface area contributed by atoms with Crippen LogP contribution in [0.15, 0.2) is 64.4 Å². The lowest BCUT2D eigenvalue weighted by molar-refractivity contribution is 1.36. The number of hydrogen-bond acceptors (Lipinski definition) is 2. The molecule has 0 aliphatic rings. The summed E-state index contributed by atoms with van der Waals surface area (Å²) in [6, 6.07) is 18.8. The van der Waals surface area contributed by atoms with Crippen molar-refractivity contribution in [2.24, 2.45) is 0 Å². The van der Waals surface area contributed by atoms with Crippen LogP contribution in [-0.4, -0.2) is 12.5 Å². The van der Waals surface area contributed by atoms with E-state index in [0.717, 1.165) is 0 Å². The van der Waals surface area contributed by atoms with Crippen molar-refractivity contribution in [3.8, 4) is 0 Å². The van der Waals surface area contributed by atoms with Crippen LogP contribution in [-0.2, 0) is 0 Å². The molecule has 2 aromatic carbocycles. The Morgan fingerprint density at radius 1 is 0.706 bits per heavy atom. The molecule has 0 aliphatic heterocycles. The highest BCUT2D eigenvalue weighted by atomic mass is 32.2. The van der Waals surface area contributed by atoms with Crippen LogP contribution in [0, 0.1) is 6.92 Å². The lowest BCUT2D eigenvalue weighted by Crippen LogP contribution is -1.71. The van der Waals surface area contributed by atoms with Crippen molar-refractivity contribution >= 4 is 23.5 Å². The molecule has 0 saturated heterocycles. The van der Waals surface area contributed by atoms with Gasteiger partial charge in [0.05, 0.1) is 0 Å². The summed E-state index contributed by atoms with van der Waals surface area (Å²) in [4.78, 5) is 2.67. The first kappa shape index (κ1) is 14.2. The van der Waals surface area contributed by atoms with Gasteiger partial charge in [-0.15, -0.1) is 23.5 Å². The van der Waals surface area contributed by atoms with Crippen molar-refractivity contribution in [2.75, 3.05) is 12.5 Å². The SMILES string of the molecule is CSc1cccc(C)c1.CSc1ccccc1. The maximum Gasteiger partial charge on any atom is 0.00717 e. The highest BCUT2D eigenvalue weighted by molar-refractivity contribution is 7.98. The molecule has 0 radical (unpaired) electrons. The van der Waals surface area contributed by atoms with Crippen LogP contribution in [0.2, 0.25) is 0 Å². The van der Waals surface area contributed by atoms with Gasteiger partial charge in [-0.1, -0.05) is 35.9 Å². The van der Waals surface area contributed by atoms with E-state index in [4.69, 9.17) is 0 Å². The van der Waals surface area contributed by atoms with Gasteiger partial charge in [0.15, 0.2) is 0 Å². The van der Waals surface area contributed by atoms with E-state index >= 15 is 0 Å². The van der Waals surface area contributed by atoms with Crippen molar-refractivity contribution in [2.45, 2.75) is 16.7 Å². The first-order chi connectivity index (χ1) is 8.26. The third-order valence-corrected chi connectivity index (χ3v) is 3.67. The molecule has 0 amide bonds. The molecule has 17 heavy (non-hydrogen) atoms. The standard InChI is InChI=1S/C8H10S.C7H8S/c1-7-4-3-5-8(6-7)9-2;1-8-7-5-3-2-4-6-7/h3-6H,1-2H3;2-6H,1H3. The van der Waals surface area contributed by atoms with Crippen molar-refractivity contribution in [1.82, 2.24) is 0 Å². The predicted octanol–water partition coefficient (Wildman–Crippen LogP) is 5.13. The van der Waals surface area contributed by atoms with E-state index in [1.165, 1.54) is 15.4 Å². The first-order valence-electron chi connectivity index (χ1n) is 5.46. The molecule has 0 N–H and O–H groups in total. The largest absolute Gasteiger partial charge is 0.130 e. The van der Waals surface area contributed by atoms with Crippen LogP contribution in [0.25, 0.3) is 0 Å². The normalized spacial score (nSPS) is 9.35. The van der Waals surface area contributed by atoms with E-state index < -0.39 is 0 Å². The first-order valence-corrected chi connectivity index (χ1v) is 7.91. The smallest absolute Gasteiger partial charge is 0.00717 e. The lowest BCUT2D eigenvalue weighted by atomic mass is 10.2. The zero-order chi connectivity index (χ0) is 12.5. The Morgan fingerprint density at radius 2 is 1.29 bits per heavy atom. The Hall–Kier alpha value is -0.860. The molecular formula is C15H18S2. The molecule has 0 unspecified atom stereocenters. The third-order valence-electron chi connectivity index (χ3n) is 2.20. The monoisotopic (exact) mass is 262 g/mol. The Bertz CT molecular complexity index is 424. The molecule has 0 aromatic heterocycles. The van der Waals surface area contributed by atoms with Gasteiger partial charge >= 0.3 is 0 Å². The minimum absolute atomic E-state index is 1.33.